The van der Waals surface area contributed by atoms with Crippen LogP contribution in [0.2, 0.25) is 0 Å². The van der Waals surface area contributed by atoms with Gasteiger partial charge in [0.15, 0.2) is 0 Å². The Hall–Kier alpha value is -0.610. The molecule has 1 atom stereocenters. The first kappa shape index (κ1) is 11.4. The molecular weight excluding hydrogens is 156 g/mol. The first-order chi connectivity index (χ1) is 5.39. The average molecular weight is 174 g/mol. The van der Waals surface area contributed by atoms with Crippen molar-refractivity contribution in [3.63, 3.8) is 0 Å². The van der Waals surface area contributed by atoms with Crippen LogP contribution in [-0.2, 0) is 9.53 Å². The minimum atomic E-state index is -0.698. The topological polar surface area (TPSA) is 78.3 Å². The number of carbonyl (C=O) groups is 1. The van der Waals surface area contributed by atoms with Crippen molar-refractivity contribution in [2.45, 2.75) is 38.8 Å². The van der Waals surface area contributed by atoms with E-state index in [1.165, 1.54) is 0 Å². The van der Waals surface area contributed by atoms with E-state index < -0.39 is 11.9 Å². The van der Waals surface area contributed by atoms with Crippen molar-refractivity contribution in [3.8, 4) is 0 Å². The average Bonchev–Trinajstić information content (AvgIpc) is 2.00. The largest absolute Gasteiger partial charge is 0.373 e. The summed E-state index contributed by atoms with van der Waals surface area (Å²) in [5.74, 6) is -0.526. The Kier molecular flexibility index (Phi) is 4.20. The molecular formula is C8H18N2O2. The van der Waals surface area contributed by atoms with Crippen LogP contribution < -0.4 is 11.5 Å². The van der Waals surface area contributed by atoms with Gasteiger partial charge in [-0.3, -0.25) is 4.79 Å². The standard InChI is InChI=1S/C8H18N2O2/c1-4-8(2,3)12-5-6(9)7(10)11/h6H,4-5,9H2,1-3H3,(H2,10,11). The Morgan fingerprint density at radius 2 is 2.08 bits per heavy atom. The lowest BCUT2D eigenvalue weighted by molar-refractivity contribution is -0.122. The highest BCUT2D eigenvalue weighted by atomic mass is 16.5. The number of ether oxygens (including phenoxy) is 1. The molecule has 4 N–H and O–H groups in total. The van der Waals surface area contributed by atoms with E-state index in [9.17, 15) is 4.79 Å². The SMILES string of the molecule is CCC(C)(C)OCC(N)C(N)=O. The van der Waals surface area contributed by atoms with Crippen molar-refractivity contribution in [2.24, 2.45) is 11.5 Å². The van der Waals surface area contributed by atoms with Crippen molar-refractivity contribution in [3.05, 3.63) is 0 Å². The highest BCUT2D eigenvalue weighted by molar-refractivity contribution is 5.79. The Labute approximate surface area is 73.2 Å². The summed E-state index contributed by atoms with van der Waals surface area (Å²) >= 11 is 0. The van der Waals surface area contributed by atoms with Gasteiger partial charge in [0.2, 0.25) is 5.91 Å². The molecule has 1 amide bonds. The molecule has 4 nitrogen and oxygen atoms in total. The maximum Gasteiger partial charge on any atom is 0.236 e. The van der Waals surface area contributed by atoms with E-state index in [2.05, 4.69) is 0 Å². The third kappa shape index (κ3) is 4.31. The summed E-state index contributed by atoms with van der Waals surface area (Å²) in [5, 5.41) is 0. The molecule has 4 heteroatoms. The van der Waals surface area contributed by atoms with E-state index in [4.69, 9.17) is 16.2 Å². The number of primary amides is 1. The normalized spacial score (nSPS) is 14.3. The van der Waals surface area contributed by atoms with E-state index in [0.29, 0.717) is 0 Å². The van der Waals surface area contributed by atoms with Crippen molar-refractivity contribution < 1.29 is 9.53 Å². The van der Waals surface area contributed by atoms with Crippen LogP contribution in [0.1, 0.15) is 27.2 Å². The maximum atomic E-state index is 10.5. The molecule has 0 bridgehead atoms. The van der Waals surface area contributed by atoms with Gasteiger partial charge < -0.3 is 16.2 Å². The van der Waals surface area contributed by atoms with Gasteiger partial charge in [-0.25, -0.2) is 0 Å². The predicted octanol–water partition coefficient (Wildman–Crippen LogP) is 0.00420. The fourth-order valence-corrected chi connectivity index (χ4v) is 0.500. The van der Waals surface area contributed by atoms with Gasteiger partial charge in [-0.05, 0) is 20.3 Å². The fraction of sp³-hybridized carbons (Fsp3) is 0.875. The molecule has 12 heavy (non-hydrogen) atoms. The third-order valence-corrected chi connectivity index (χ3v) is 1.87. The summed E-state index contributed by atoms with van der Waals surface area (Å²) in [5.41, 5.74) is 10.1. The van der Waals surface area contributed by atoms with Crippen LogP contribution in [0.25, 0.3) is 0 Å². The van der Waals surface area contributed by atoms with Crippen LogP contribution in [0.4, 0.5) is 0 Å². The first-order valence-electron chi connectivity index (χ1n) is 4.08. The Morgan fingerprint density at radius 1 is 1.58 bits per heavy atom. The van der Waals surface area contributed by atoms with Crippen molar-refractivity contribution in [1.82, 2.24) is 0 Å². The molecule has 0 aliphatic heterocycles. The summed E-state index contributed by atoms with van der Waals surface area (Å²) in [4.78, 5) is 10.5. The lowest BCUT2D eigenvalue weighted by Crippen LogP contribution is -2.42. The summed E-state index contributed by atoms with van der Waals surface area (Å²) in [7, 11) is 0. The summed E-state index contributed by atoms with van der Waals surface area (Å²) in [6, 6.07) is -0.698. The highest BCUT2D eigenvalue weighted by Gasteiger charge is 2.18. The smallest absolute Gasteiger partial charge is 0.236 e. The van der Waals surface area contributed by atoms with Gasteiger partial charge in [0.05, 0.1) is 12.2 Å². The number of hydrogen-bond donors (Lipinski definition) is 2. The molecule has 1 unspecified atom stereocenters. The third-order valence-electron chi connectivity index (χ3n) is 1.87. The molecule has 0 fully saturated rings. The highest BCUT2D eigenvalue weighted by Crippen LogP contribution is 2.12. The summed E-state index contributed by atoms with van der Waals surface area (Å²) in [6.07, 6.45) is 0.873. The van der Waals surface area contributed by atoms with Gasteiger partial charge >= 0.3 is 0 Å². The molecule has 0 spiro atoms. The van der Waals surface area contributed by atoms with Crippen LogP contribution in [0, 0.1) is 0 Å². The lowest BCUT2D eigenvalue weighted by atomic mass is 10.1. The van der Waals surface area contributed by atoms with E-state index in [-0.39, 0.29) is 12.2 Å². The summed E-state index contributed by atoms with van der Waals surface area (Å²) < 4.78 is 5.38. The first-order valence-corrected chi connectivity index (χ1v) is 4.08. The molecule has 0 aliphatic rings. The molecule has 0 radical (unpaired) electrons. The van der Waals surface area contributed by atoms with Crippen LogP contribution in [0.5, 0.6) is 0 Å². The molecule has 0 saturated carbocycles. The lowest BCUT2D eigenvalue weighted by Gasteiger charge is -2.24. The molecule has 0 aromatic rings. The Bertz CT molecular complexity index is 157. The quantitative estimate of drug-likeness (QED) is 0.616. The molecule has 0 aromatic heterocycles. The van der Waals surface area contributed by atoms with Crippen molar-refractivity contribution >= 4 is 5.91 Å². The van der Waals surface area contributed by atoms with Gasteiger partial charge in [0.25, 0.3) is 0 Å². The second-order valence-electron chi connectivity index (χ2n) is 3.43. The van der Waals surface area contributed by atoms with E-state index in [0.717, 1.165) is 6.42 Å². The van der Waals surface area contributed by atoms with Crippen LogP contribution in [0.15, 0.2) is 0 Å². The van der Waals surface area contributed by atoms with Gasteiger partial charge in [-0.1, -0.05) is 6.92 Å². The van der Waals surface area contributed by atoms with E-state index in [1.54, 1.807) is 0 Å². The molecule has 72 valence electrons. The van der Waals surface area contributed by atoms with Crippen LogP contribution in [-0.4, -0.2) is 24.2 Å². The van der Waals surface area contributed by atoms with Crippen LogP contribution >= 0.6 is 0 Å². The minimum Gasteiger partial charge on any atom is -0.373 e. The zero-order chi connectivity index (χ0) is 9.78. The zero-order valence-electron chi connectivity index (χ0n) is 7.96. The second kappa shape index (κ2) is 4.42. The fourth-order valence-electron chi connectivity index (χ4n) is 0.500. The van der Waals surface area contributed by atoms with Crippen molar-refractivity contribution in [1.29, 1.82) is 0 Å². The second-order valence-corrected chi connectivity index (χ2v) is 3.43. The monoisotopic (exact) mass is 174 g/mol. The minimum absolute atomic E-state index is 0.191. The molecule has 0 aliphatic carbocycles. The molecule has 0 heterocycles. The van der Waals surface area contributed by atoms with Gasteiger partial charge in [0.1, 0.15) is 6.04 Å². The van der Waals surface area contributed by atoms with E-state index >= 15 is 0 Å². The summed E-state index contributed by atoms with van der Waals surface area (Å²) in [6.45, 7) is 6.09. The maximum absolute atomic E-state index is 10.5. The predicted molar refractivity (Wildman–Crippen MR) is 47.5 cm³/mol. The molecule has 0 aromatic carbocycles. The molecule has 0 saturated heterocycles. The Morgan fingerprint density at radius 3 is 2.42 bits per heavy atom. The van der Waals surface area contributed by atoms with Gasteiger partial charge in [0, 0.05) is 0 Å². The number of amides is 1. The van der Waals surface area contributed by atoms with E-state index in [1.807, 2.05) is 20.8 Å². The number of rotatable bonds is 5. The van der Waals surface area contributed by atoms with Crippen molar-refractivity contribution in [2.75, 3.05) is 6.61 Å². The number of carbonyl (C=O) groups excluding carboxylic acids is 1. The Balaban J connectivity index is 3.75. The van der Waals surface area contributed by atoms with Gasteiger partial charge in [-0.15, -0.1) is 0 Å². The molecule has 0 rings (SSSR count). The number of hydrogen-bond acceptors (Lipinski definition) is 3. The zero-order valence-corrected chi connectivity index (χ0v) is 7.96. The number of nitrogens with two attached hydrogens (primary N) is 2. The van der Waals surface area contributed by atoms with Crippen LogP contribution in [0.3, 0.4) is 0 Å². The van der Waals surface area contributed by atoms with Gasteiger partial charge in [-0.2, -0.15) is 0 Å².